The fraction of sp³-hybridized carbons (Fsp3) is 0.529. The van der Waals surface area contributed by atoms with E-state index < -0.39 is 11.9 Å². The monoisotopic (exact) mass is 321 g/mol. The summed E-state index contributed by atoms with van der Waals surface area (Å²) in [6.45, 7) is 8.41. The quantitative estimate of drug-likeness (QED) is 0.867. The van der Waals surface area contributed by atoms with Crippen molar-refractivity contribution in [3.8, 4) is 0 Å². The Morgan fingerprint density at radius 1 is 1.45 bits per heavy atom. The highest BCUT2D eigenvalue weighted by Crippen LogP contribution is 2.41. The van der Waals surface area contributed by atoms with E-state index in [-0.39, 0.29) is 23.0 Å². The molecule has 1 aliphatic heterocycles. The van der Waals surface area contributed by atoms with Crippen LogP contribution in [0.3, 0.4) is 0 Å². The van der Waals surface area contributed by atoms with Crippen molar-refractivity contribution in [3.05, 3.63) is 33.2 Å². The van der Waals surface area contributed by atoms with Gasteiger partial charge in [0, 0.05) is 17.8 Å². The molecule has 0 spiro atoms. The van der Waals surface area contributed by atoms with Crippen molar-refractivity contribution in [1.82, 2.24) is 4.90 Å². The third kappa shape index (κ3) is 2.95. The van der Waals surface area contributed by atoms with E-state index >= 15 is 0 Å². The van der Waals surface area contributed by atoms with Gasteiger partial charge in [-0.25, -0.2) is 0 Å². The predicted molar refractivity (Wildman–Crippen MR) is 87.9 cm³/mol. The molecule has 2 rings (SSSR count). The molecule has 1 aromatic heterocycles. The van der Waals surface area contributed by atoms with Crippen LogP contribution in [0.2, 0.25) is 0 Å². The maximum atomic E-state index is 12.6. The van der Waals surface area contributed by atoms with Crippen molar-refractivity contribution in [2.45, 2.75) is 46.6 Å². The first-order chi connectivity index (χ1) is 10.4. The lowest BCUT2D eigenvalue weighted by Crippen LogP contribution is -2.31. The summed E-state index contributed by atoms with van der Waals surface area (Å²) < 4.78 is 0. The van der Waals surface area contributed by atoms with E-state index in [0.29, 0.717) is 13.0 Å². The molecule has 0 saturated heterocycles. The zero-order chi connectivity index (χ0) is 16.4. The maximum Gasteiger partial charge on any atom is 0.290 e. The smallest absolute Gasteiger partial charge is 0.290 e. The molecule has 120 valence electrons. The molecular weight excluding hydrogens is 298 g/mol. The second kappa shape index (κ2) is 6.65. The fourth-order valence-electron chi connectivity index (χ4n) is 2.83. The number of aryl methyl sites for hydroxylation is 1. The van der Waals surface area contributed by atoms with Crippen LogP contribution in [-0.2, 0) is 9.59 Å². The molecule has 0 bridgehead atoms. The van der Waals surface area contributed by atoms with Gasteiger partial charge in [0.1, 0.15) is 0 Å². The second-order valence-electron chi connectivity index (χ2n) is 6.15. The average Bonchev–Trinajstić information content (AvgIpc) is 2.95. The molecule has 0 aromatic carbocycles. The van der Waals surface area contributed by atoms with Gasteiger partial charge in [-0.05, 0) is 36.3 Å². The molecule has 0 fully saturated rings. The summed E-state index contributed by atoms with van der Waals surface area (Å²) in [6, 6.07) is 1.55. The summed E-state index contributed by atoms with van der Waals surface area (Å²) in [6.07, 6.45) is 1.12. The number of Topliss-reactive ketones (excluding diaryl/α,β-unsaturated/α-hetero) is 1. The Morgan fingerprint density at radius 3 is 2.64 bits per heavy atom. The summed E-state index contributed by atoms with van der Waals surface area (Å²) in [7, 11) is 0. The number of carbonyl (C=O) groups is 2. The second-order valence-corrected chi connectivity index (χ2v) is 7.10. The third-order valence-corrected chi connectivity index (χ3v) is 4.88. The Balaban J connectivity index is 2.48. The molecule has 1 aliphatic rings. The largest absolute Gasteiger partial charge is 0.503 e. The Kier molecular flexibility index (Phi) is 5.06. The minimum atomic E-state index is -0.432. The first kappa shape index (κ1) is 16.7. The fourth-order valence-corrected chi connectivity index (χ4v) is 3.87. The predicted octanol–water partition coefficient (Wildman–Crippen LogP) is 3.78. The van der Waals surface area contributed by atoms with Crippen molar-refractivity contribution in [2.75, 3.05) is 6.54 Å². The van der Waals surface area contributed by atoms with E-state index in [9.17, 15) is 14.7 Å². The highest BCUT2D eigenvalue weighted by Gasteiger charge is 2.43. The molecule has 1 N–H and O–H groups in total. The van der Waals surface area contributed by atoms with Gasteiger partial charge in [0.25, 0.3) is 5.91 Å². The Hall–Kier alpha value is -1.62. The van der Waals surface area contributed by atoms with Crippen LogP contribution in [0.4, 0.5) is 0 Å². The van der Waals surface area contributed by atoms with Gasteiger partial charge in [0.15, 0.2) is 11.5 Å². The average molecular weight is 321 g/mol. The first-order valence-corrected chi connectivity index (χ1v) is 8.57. The zero-order valence-corrected chi connectivity index (χ0v) is 14.4. The van der Waals surface area contributed by atoms with Crippen LogP contribution in [0.25, 0.3) is 0 Å². The van der Waals surface area contributed by atoms with Gasteiger partial charge in [-0.3, -0.25) is 9.59 Å². The van der Waals surface area contributed by atoms with Crippen LogP contribution in [0.15, 0.2) is 22.8 Å². The SMILES string of the molecule is CCCN1C(=O)C(O)=C(C(=O)CC(C)C)C1c1sccc1C. The van der Waals surface area contributed by atoms with E-state index in [1.54, 1.807) is 4.90 Å². The van der Waals surface area contributed by atoms with E-state index in [1.165, 1.54) is 11.3 Å². The van der Waals surface area contributed by atoms with Crippen LogP contribution >= 0.6 is 11.3 Å². The molecule has 1 amide bonds. The summed E-state index contributed by atoms with van der Waals surface area (Å²) in [5, 5.41) is 12.2. The molecule has 1 aromatic rings. The Bertz CT molecular complexity index is 615. The molecule has 1 atom stereocenters. The highest BCUT2D eigenvalue weighted by molar-refractivity contribution is 7.10. The molecule has 0 radical (unpaired) electrons. The molecule has 0 saturated carbocycles. The summed E-state index contributed by atoms with van der Waals surface area (Å²) >= 11 is 1.53. The van der Waals surface area contributed by atoms with Crippen LogP contribution in [0, 0.1) is 12.8 Å². The highest BCUT2D eigenvalue weighted by atomic mass is 32.1. The maximum absolute atomic E-state index is 12.6. The van der Waals surface area contributed by atoms with Crippen molar-refractivity contribution < 1.29 is 14.7 Å². The molecule has 0 aliphatic carbocycles. The van der Waals surface area contributed by atoms with Crippen LogP contribution < -0.4 is 0 Å². The van der Waals surface area contributed by atoms with E-state index in [1.807, 2.05) is 39.1 Å². The van der Waals surface area contributed by atoms with Crippen LogP contribution in [-0.4, -0.2) is 28.2 Å². The minimum absolute atomic E-state index is 0.128. The lowest BCUT2D eigenvalue weighted by atomic mass is 9.94. The van der Waals surface area contributed by atoms with Gasteiger partial charge in [-0.15, -0.1) is 11.3 Å². The van der Waals surface area contributed by atoms with Crippen molar-refractivity contribution in [3.63, 3.8) is 0 Å². The standard InChI is InChI=1S/C17H23NO3S/c1-5-7-18-14(16-11(4)6-8-22-16)13(15(20)17(18)21)12(19)9-10(2)3/h6,8,10,14,20H,5,7,9H2,1-4H3. The Labute approximate surface area is 135 Å². The van der Waals surface area contributed by atoms with Gasteiger partial charge in [0.2, 0.25) is 0 Å². The Morgan fingerprint density at radius 2 is 2.14 bits per heavy atom. The van der Waals surface area contributed by atoms with Crippen LogP contribution in [0.5, 0.6) is 0 Å². The first-order valence-electron chi connectivity index (χ1n) is 7.69. The van der Waals surface area contributed by atoms with Crippen molar-refractivity contribution in [1.29, 1.82) is 0 Å². The number of rotatable bonds is 6. The van der Waals surface area contributed by atoms with Crippen molar-refractivity contribution >= 4 is 23.0 Å². The lowest BCUT2D eigenvalue weighted by Gasteiger charge is -2.26. The number of thiophene rings is 1. The van der Waals surface area contributed by atoms with Gasteiger partial charge >= 0.3 is 0 Å². The van der Waals surface area contributed by atoms with Gasteiger partial charge in [0.05, 0.1) is 11.6 Å². The number of carbonyl (C=O) groups excluding carboxylic acids is 2. The van der Waals surface area contributed by atoms with Gasteiger partial charge in [-0.1, -0.05) is 20.8 Å². The topological polar surface area (TPSA) is 57.6 Å². The van der Waals surface area contributed by atoms with Gasteiger partial charge < -0.3 is 10.0 Å². The minimum Gasteiger partial charge on any atom is -0.503 e. The number of ketones is 1. The summed E-state index contributed by atoms with van der Waals surface area (Å²) in [5.74, 6) is -0.728. The van der Waals surface area contributed by atoms with E-state index in [2.05, 4.69) is 0 Å². The number of nitrogens with zero attached hydrogens (tertiary/aromatic N) is 1. The van der Waals surface area contributed by atoms with Gasteiger partial charge in [-0.2, -0.15) is 0 Å². The number of aliphatic hydroxyl groups is 1. The van der Waals surface area contributed by atoms with Crippen LogP contribution in [0.1, 0.15) is 50.1 Å². The number of aliphatic hydroxyl groups excluding tert-OH is 1. The number of hydrogen-bond donors (Lipinski definition) is 1. The summed E-state index contributed by atoms with van der Waals surface area (Å²) in [4.78, 5) is 27.6. The lowest BCUT2D eigenvalue weighted by molar-refractivity contribution is -0.129. The molecule has 5 heteroatoms. The number of hydrogen-bond acceptors (Lipinski definition) is 4. The molecule has 1 unspecified atom stereocenters. The molecular formula is C17H23NO3S. The zero-order valence-electron chi connectivity index (χ0n) is 13.5. The molecule has 22 heavy (non-hydrogen) atoms. The molecule has 4 nitrogen and oxygen atoms in total. The molecule has 2 heterocycles. The van der Waals surface area contributed by atoms with E-state index in [4.69, 9.17) is 0 Å². The third-order valence-electron chi connectivity index (χ3n) is 3.81. The van der Waals surface area contributed by atoms with Crippen molar-refractivity contribution in [2.24, 2.45) is 5.92 Å². The van der Waals surface area contributed by atoms with E-state index in [0.717, 1.165) is 16.9 Å². The summed E-state index contributed by atoms with van der Waals surface area (Å²) in [5.41, 5.74) is 1.33. The normalized spacial score (nSPS) is 18.7. The number of amides is 1.